The Balaban J connectivity index is 1.66. The first-order valence-corrected chi connectivity index (χ1v) is 12.6. The quantitative estimate of drug-likeness (QED) is 0.235. The highest BCUT2D eigenvalue weighted by Gasteiger charge is 2.32. The number of aryl methyl sites for hydroxylation is 2. The number of allylic oxidation sites excluding steroid dienone is 1. The highest BCUT2D eigenvalue weighted by Crippen LogP contribution is 2.45. The number of benzene rings is 4. The monoisotopic (exact) mass is 455 g/mol. The molecule has 4 aromatic carbocycles. The molecule has 0 spiro atoms. The lowest BCUT2D eigenvalue weighted by Crippen LogP contribution is -2.00. The van der Waals surface area contributed by atoms with Crippen molar-refractivity contribution in [3.63, 3.8) is 0 Å². The summed E-state index contributed by atoms with van der Waals surface area (Å²) < 4.78 is 2.47. The summed E-state index contributed by atoms with van der Waals surface area (Å²) >= 11 is 0. The summed E-state index contributed by atoms with van der Waals surface area (Å²) in [5.74, 6) is 0.117. The molecule has 35 heavy (non-hydrogen) atoms. The molecule has 0 saturated heterocycles. The molecule has 5 aromatic rings. The molecule has 1 aliphatic rings. The molecule has 0 fully saturated rings. The van der Waals surface area contributed by atoms with Gasteiger partial charge >= 0.3 is 0 Å². The lowest BCUT2D eigenvalue weighted by molar-refractivity contribution is 0.105. The molecule has 0 saturated carbocycles. The van der Waals surface area contributed by atoms with Crippen LogP contribution >= 0.6 is 0 Å². The minimum absolute atomic E-state index is 0.117. The number of Topliss-reactive ketones (excluding diaryl/α,β-unsaturated/α-hetero) is 1. The van der Waals surface area contributed by atoms with E-state index in [1.54, 1.807) is 0 Å². The number of unbranched alkanes of at least 4 members (excludes halogenated alkanes) is 2. The molecular formula is C33H29NO. The predicted octanol–water partition coefficient (Wildman–Crippen LogP) is 8.45. The van der Waals surface area contributed by atoms with Crippen LogP contribution in [0.1, 0.15) is 58.8 Å². The van der Waals surface area contributed by atoms with Crippen LogP contribution in [0.5, 0.6) is 0 Å². The molecule has 6 rings (SSSR count). The first-order valence-electron chi connectivity index (χ1n) is 12.6. The first kappa shape index (κ1) is 21.6. The van der Waals surface area contributed by atoms with Crippen molar-refractivity contribution in [2.45, 2.75) is 39.7 Å². The average Bonchev–Trinajstić information content (AvgIpc) is 3.35. The Morgan fingerprint density at radius 1 is 0.657 bits per heavy atom. The number of aromatic nitrogens is 1. The number of nitrogens with zero attached hydrogens (tertiary/aromatic N) is 1. The zero-order valence-electron chi connectivity index (χ0n) is 20.3. The van der Waals surface area contributed by atoms with Crippen molar-refractivity contribution in [3.05, 3.63) is 119 Å². The van der Waals surface area contributed by atoms with Crippen LogP contribution in [0.3, 0.4) is 0 Å². The normalized spacial score (nSPS) is 13.3. The fourth-order valence-corrected chi connectivity index (χ4v) is 5.58. The zero-order chi connectivity index (χ0) is 23.9. The number of fused-ring (bicyclic) bond motifs is 4. The van der Waals surface area contributed by atoms with Gasteiger partial charge in [-0.05, 0) is 54.3 Å². The van der Waals surface area contributed by atoms with Crippen molar-refractivity contribution < 1.29 is 4.79 Å². The summed E-state index contributed by atoms with van der Waals surface area (Å²) in [6, 6.07) is 31.6. The van der Waals surface area contributed by atoms with Gasteiger partial charge in [0.15, 0.2) is 5.78 Å². The minimum Gasteiger partial charge on any atom is -0.340 e. The number of carbonyl (C=O) groups is 1. The number of hydrogen-bond donors (Lipinski definition) is 0. The van der Waals surface area contributed by atoms with E-state index in [4.69, 9.17) is 0 Å². The summed E-state index contributed by atoms with van der Waals surface area (Å²) in [5.41, 5.74) is 9.48. The van der Waals surface area contributed by atoms with Crippen LogP contribution in [0.2, 0.25) is 0 Å². The number of hydrogen-bond acceptors (Lipinski definition) is 1. The minimum atomic E-state index is 0.117. The molecule has 172 valence electrons. The van der Waals surface area contributed by atoms with Gasteiger partial charge < -0.3 is 4.57 Å². The molecule has 0 radical (unpaired) electrons. The van der Waals surface area contributed by atoms with Crippen LogP contribution in [-0.4, -0.2) is 10.4 Å². The van der Waals surface area contributed by atoms with Gasteiger partial charge in [0.2, 0.25) is 0 Å². The van der Waals surface area contributed by atoms with Gasteiger partial charge in [0.25, 0.3) is 0 Å². The second kappa shape index (κ2) is 8.70. The maximum absolute atomic E-state index is 14.0. The number of rotatable bonds is 6. The highest BCUT2D eigenvalue weighted by atomic mass is 16.1. The fraction of sp³-hybridized carbons (Fsp3) is 0.182. The Labute approximate surface area is 206 Å². The SMILES string of the molecule is CCCCCn1c2ccc(C)cc2c2cc3c(cc21)C(c1ccccc1)=C(c1ccccc1)C3=O. The van der Waals surface area contributed by atoms with Crippen molar-refractivity contribution in [2.75, 3.05) is 0 Å². The molecule has 2 nitrogen and oxygen atoms in total. The molecule has 0 bridgehead atoms. The van der Waals surface area contributed by atoms with Gasteiger partial charge in [-0.15, -0.1) is 0 Å². The van der Waals surface area contributed by atoms with Gasteiger partial charge in [0, 0.05) is 45.1 Å². The van der Waals surface area contributed by atoms with E-state index in [0.29, 0.717) is 0 Å². The first-order chi connectivity index (χ1) is 17.2. The molecule has 1 heterocycles. The molecule has 0 unspecified atom stereocenters. The lowest BCUT2D eigenvalue weighted by atomic mass is 9.94. The standard InChI is InChI=1S/C33H29NO/c1-3-4-11-18-34-29-17-16-22(2)19-25(29)26-20-28-27(21-30(26)34)31(23-12-7-5-8-13-23)32(33(28)35)24-14-9-6-10-15-24/h5-10,12-17,19-21H,3-4,11,18H2,1-2H3. The molecule has 1 aliphatic carbocycles. The van der Waals surface area contributed by atoms with Crippen LogP contribution in [0.25, 0.3) is 33.0 Å². The van der Waals surface area contributed by atoms with E-state index in [2.05, 4.69) is 73.0 Å². The molecule has 2 heteroatoms. The van der Waals surface area contributed by atoms with Gasteiger partial charge in [0.05, 0.1) is 0 Å². The molecule has 1 aromatic heterocycles. The lowest BCUT2D eigenvalue weighted by Gasteiger charge is -2.11. The summed E-state index contributed by atoms with van der Waals surface area (Å²) in [6.45, 7) is 5.37. The van der Waals surface area contributed by atoms with E-state index in [1.165, 1.54) is 40.2 Å². The second-order valence-corrected chi connectivity index (χ2v) is 9.61. The molecule has 0 amide bonds. The predicted molar refractivity (Wildman–Crippen MR) is 147 cm³/mol. The largest absolute Gasteiger partial charge is 0.340 e. The summed E-state index contributed by atoms with van der Waals surface area (Å²) in [7, 11) is 0. The Morgan fingerprint density at radius 2 is 1.31 bits per heavy atom. The van der Waals surface area contributed by atoms with Crippen LogP contribution in [0.15, 0.2) is 91.0 Å². The highest BCUT2D eigenvalue weighted by molar-refractivity contribution is 6.42. The second-order valence-electron chi connectivity index (χ2n) is 9.61. The van der Waals surface area contributed by atoms with Crippen molar-refractivity contribution in [2.24, 2.45) is 0 Å². The van der Waals surface area contributed by atoms with Gasteiger partial charge in [0.1, 0.15) is 0 Å². The van der Waals surface area contributed by atoms with E-state index in [-0.39, 0.29) is 5.78 Å². The van der Waals surface area contributed by atoms with E-state index in [9.17, 15) is 4.79 Å². The van der Waals surface area contributed by atoms with Crippen LogP contribution < -0.4 is 0 Å². The van der Waals surface area contributed by atoms with E-state index in [1.807, 2.05) is 36.4 Å². The van der Waals surface area contributed by atoms with Crippen molar-refractivity contribution >= 4 is 38.7 Å². The van der Waals surface area contributed by atoms with Gasteiger partial charge in [-0.3, -0.25) is 4.79 Å². The molecule has 0 N–H and O–H groups in total. The van der Waals surface area contributed by atoms with E-state index < -0.39 is 0 Å². The molecule has 0 aliphatic heterocycles. The average molecular weight is 456 g/mol. The fourth-order valence-electron chi connectivity index (χ4n) is 5.58. The Bertz CT molecular complexity index is 1600. The number of carbonyl (C=O) groups excluding carboxylic acids is 1. The third kappa shape index (κ3) is 3.52. The third-order valence-electron chi connectivity index (χ3n) is 7.26. The molecular weight excluding hydrogens is 426 g/mol. The van der Waals surface area contributed by atoms with E-state index in [0.717, 1.165) is 46.4 Å². The van der Waals surface area contributed by atoms with Crippen molar-refractivity contribution in [3.8, 4) is 0 Å². The smallest absolute Gasteiger partial charge is 0.194 e. The zero-order valence-corrected chi connectivity index (χ0v) is 20.3. The summed E-state index contributed by atoms with van der Waals surface area (Å²) in [4.78, 5) is 14.0. The Morgan fingerprint density at radius 3 is 2.00 bits per heavy atom. The maximum atomic E-state index is 14.0. The Kier molecular flexibility index (Phi) is 5.37. The van der Waals surface area contributed by atoms with Crippen LogP contribution in [0, 0.1) is 6.92 Å². The van der Waals surface area contributed by atoms with Crippen LogP contribution in [0.4, 0.5) is 0 Å². The van der Waals surface area contributed by atoms with Crippen molar-refractivity contribution in [1.82, 2.24) is 4.57 Å². The van der Waals surface area contributed by atoms with Gasteiger partial charge in [-0.25, -0.2) is 0 Å². The van der Waals surface area contributed by atoms with Gasteiger partial charge in [-0.1, -0.05) is 92.1 Å². The molecule has 0 atom stereocenters. The maximum Gasteiger partial charge on any atom is 0.194 e. The van der Waals surface area contributed by atoms with Crippen LogP contribution in [-0.2, 0) is 6.54 Å². The third-order valence-corrected chi connectivity index (χ3v) is 7.26. The van der Waals surface area contributed by atoms with Gasteiger partial charge in [-0.2, -0.15) is 0 Å². The number of ketones is 1. The summed E-state index contributed by atoms with van der Waals surface area (Å²) in [6.07, 6.45) is 3.56. The topological polar surface area (TPSA) is 22.0 Å². The Hall–Kier alpha value is -3.91. The van der Waals surface area contributed by atoms with Crippen molar-refractivity contribution in [1.29, 1.82) is 0 Å². The van der Waals surface area contributed by atoms with E-state index >= 15 is 0 Å². The summed E-state index contributed by atoms with van der Waals surface area (Å²) in [5, 5.41) is 2.41.